The molecule has 0 bridgehead atoms. The first-order chi connectivity index (χ1) is 15.7. The number of halogens is 1. The molecule has 2 fully saturated rings. The van der Waals surface area contributed by atoms with E-state index in [1.807, 2.05) is 31.2 Å². The fourth-order valence-corrected chi connectivity index (χ4v) is 5.21. The van der Waals surface area contributed by atoms with Crippen LogP contribution in [0.15, 0.2) is 48.5 Å². The SMILES string of the molecule is CCOc1ccccc1CN1CCN(C2CCN(c3ccccc3F)CC2)C[C@H]1CCO. The van der Waals surface area contributed by atoms with Crippen LogP contribution in [0.3, 0.4) is 0 Å². The van der Waals surface area contributed by atoms with Crippen LogP contribution in [0, 0.1) is 5.82 Å². The summed E-state index contributed by atoms with van der Waals surface area (Å²) >= 11 is 0. The van der Waals surface area contributed by atoms with Crippen LogP contribution in [0.1, 0.15) is 31.7 Å². The van der Waals surface area contributed by atoms with E-state index in [9.17, 15) is 9.50 Å². The number of benzene rings is 2. The Morgan fingerprint density at radius 1 is 1.00 bits per heavy atom. The Morgan fingerprint density at radius 3 is 2.50 bits per heavy atom. The second-order valence-corrected chi connectivity index (χ2v) is 8.84. The molecule has 2 aliphatic heterocycles. The van der Waals surface area contributed by atoms with Gasteiger partial charge in [-0.25, -0.2) is 4.39 Å². The number of nitrogens with zero attached hydrogens (tertiary/aromatic N) is 3. The topological polar surface area (TPSA) is 39.2 Å². The monoisotopic (exact) mass is 441 g/mol. The van der Waals surface area contributed by atoms with Crippen molar-refractivity contribution < 1.29 is 14.2 Å². The summed E-state index contributed by atoms with van der Waals surface area (Å²) in [6.45, 7) is 8.49. The zero-order valence-corrected chi connectivity index (χ0v) is 19.1. The van der Waals surface area contributed by atoms with Crippen molar-refractivity contribution in [3.8, 4) is 5.75 Å². The molecule has 5 nitrogen and oxygen atoms in total. The summed E-state index contributed by atoms with van der Waals surface area (Å²) in [5.41, 5.74) is 1.94. The smallest absolute Gasteiger partial charge is 0.146 e. The number of rotatable bonds is 8. The van der Waals surface area contributed by atoms with Crippen LogP contribution in [-0.4, -0.2) is 72.9 Å². The van der Waals surface area contributed by atoms with Crippen LogP contribution in [0.25, 0.3) is 0 Å². The summed E-state index contributed by atoms with van der Waals surface area (Å²) in [5, 5.41) is 9.71. The molecule has 0 amide bonds. The number of hydrogen-bond acceptors (Lipinski definition) is 5. The first-order valence-corrected chi connectivity index (χ1v) is 12.0. The third-order valence-corrected chi connectivity index (χ3v) is 6.92. The molecule has 1 atom stereocenters. The molecule has 0 unspecified atom stereocenters. The maximum atomic E-state index is 14.2. The van der Waals surface area contributed by atoms with Crippen LogP contribution in [0.5, 0.6) is 5.75 Å². The fourth-order valence-electron chi connectivity index (χ4n) is 5.21. The van der Waals surface area contributed by atoms with E-state index in [2.05, 4.69) is 26.8 Å². The molecule has 2 aromatic rings. The molecule has 0 aliphatic carbocycles. The number of aliphatic hydroxyl groups is 1. The molecular weight excluding hydrogens is 405 g/mol. The summed E-state index contributed by atoms with van der Waals surface area (Å²) in [6, 6.07) is 16.2. The van der Waals surface area contributed by atoms with Gasteiger partial charge in [0, 0.05) is 63.5 Å². The van der Waals surface area contributed by atoms with Crippen molar-refractivity contribution in [2.45, 2.75) is 44.8 Å². The van der Waals surface area contributed by atoms with Gasteiger partial charge in [-0.2, -0.15) is 0 Å². The van der Waals surface area contributed by atoms with Gasteiger partial charge in [0.25, 0.3) is 0 Å². The zero-order chi connectivity index (χ0) is 22.3. The predicted octanol–water partition coefficient (Wildman–Crippen LogP) is 3.76. The summed E-state index contributed by atoms with van der Waals surface area (Å²) in [6.07, 6.45) is 2.88. The molecule has 0 aromatic heterocycles. The highest BCUT2D eigenvalue weighted by Crippen LogP contribution is 2.28. The van der Waals surface area contributed by atoms with Gasteiger partial charge in [0.15, 0.2) is 0 Å². The van der Waals surface area contributed by atoms with Crippen LogP contribution >= 0.6 is 0 Å². The zero-order valence-electron chi connectivity index (χ0n) is 19.1. The fraction of sp³-hybridized carbons (Fsp3) is 0.538. The van der Waals surface area contributed by atoms with Gasteiger partial charge in [-0.15, -0.1) is 0 Å². The Balaban J connectivity index is 1.36. The van der Waals surface area contributed by atoms with E-state index in [0.717, 1.165) is 70.0 Å². The second kappa shape index (κ2) is 11.1. The van der Waals surface area contributed by atoms with E-state index in [1.165, 1.54) is 5.56 Å². The number of piperazine rings is 1. The largest absolute Gasteiger partial charge is 0.494 e. The Kier molecular flexibility index (Phi) is 8.00. The van der Waals surface area contributed by atoms with Crippen LogP contribution < -0.4 is 9.64 Å². The normalized spacial score (nSPS) is 21.1. The Hall–Kier alpha value is -2.15. The lowest BCUT2D eigenvalue weighted by molar-refractivity contribution is 0.0250. The Labute approximate surface area is 191 Å². The number of ether oxygens (including phenoxy) is 1. The minimum absolute atomic E-state index is 0.130. The van der Waals surface area contributed by atoms with Crippen molar-refractivity contribution in [2.75, 3.05) is 50.8 Å². The molecule has 0 spiro atoms. The van der Waals surface area contributed by atoms with Gasteiger partial charge in [-0.3, -0.25) is 9.80 Å². The number of piperidine rings is 1. The van der Waals surface area contributed by atoms with Gasteiger partial charge in [0.05, 0.1) is 12.3 Å². The lowest BCUT2D eigenvalue weighted by Crippen LogP contribution is -2.57. The van der Waals surface area contributed by atoms with E-state index in [-0.39, 0.29) is 12.4 Å². The number of hydrogen-bond donors (Lipinski definition) is 1. The van der Waals surface area contributed by atoms with E-state index in [1.54, 1.807) is 12.1 Å². The molecule has 0 radical (unpaired) electrons. The number of aliphatic hydroxyl groups excluding tert-OH is 1. The number of para-hydroxylation sites is 2. The molecule has 6 heteroatoms. The van der Waals surface area contributed by atoms with Gasteiger partial charge in [0.1, 0.15) is 11.6 Å². The summed E-state index contributed by atoms with van der Waals surface area (Å²) < 4.78 is 20.0. The summed E-state index contributed by atoms with van der Waals surface area (Å²) in [5.74, 6) is 0.829. The van der Waals surface area contributed by atoms with Gasteiger partial charge in [-0.05, 0) is 44.4 Å². The lowest BCUT2D eigenvalue weighted by Gasteiger charge is -2.47. The molecular formula is C26H36FN3O2. The molecule has 0 saturated carbocycles. The van der Waals surface area contributed by atoms with Crippen LogP contribution in [0.2, 0.25) is 0 Å². The van der Waals surface area contributed by atoms with E-state index >= 15 is 0 Å². The van der Waals surface area contributed by atoms with Crippen molar-refractivity contribution >= 4 is 5.69 Å². The van der Waals surface area contributed by atoms with Crippen molar-refractivity contribution in [2.24, 2.45) is 0 Å². The maximum Gasteiger partial charge on any atom is 0.146 e. The highest BCUT2D eigenvalue weighted by molar-refractivity contribution is 5.48. The summed E-state index contributed by atoms with van der Waals surface area (Å²) in [4.78, 5) is 7.28. The van der Waals surface area contributed by atoms with E-state index in [4.69, 9.17) is 4.74 Å². The molecule has 32 heavy (non-hydrogen) atoms. The number of anilines is 1. The van der Waals surface area contributed by atoms with Gasteiger partial charge >= 0.3 is 0 Å². The molecule has 1 N–H and O–H groups in total. The average Bonchev–Trinajstić information content (AvgIpc) is 2.82. The van der Waals surface area contributed by atoms with Crippen molar-refractivity contribution in [1.82, 2.24) is 9.80 Å². The highest BCUT2D eigenvalue weighted by atomic mass is 19.1. The third kappa shape index (κ3) is 5.42. The van der Waals surface area contributed by atoms with Gasteiger partial charge < -0.3 is 14.7 Å². The predicted molar refractivity (Wildman–Crippen MR) is 127 cm³/mol. The van der Waals surface area contributed by atoms with Crippen molar-refractivity contribution in [3.63, 3.8) is 0 Å². The molecule has 2 heterocycles. The molecule has 174 valence electrons. The minimum atomic E-state index is -0.130. The molecule has 2 saturated heterocycles. The highest BCUT2D eigenvalue weighted by Gasteiger charge is 2.33. The Morgan fingerprint density at radius 2 is 1.75 bits per heavy atom. The van der Waals surface area contributed by atoms with Crippen molar-refractivity contribution in [3.05, 3.63) is 59.9 Å². The maximum absolute atomic E-state index is 14.2. The minimum Gasteiger partial charge on any atom is -0.494 e. The van der Waals surface area contributed by atoms with E-state index < -0.39 is 0 Å². The van der Waals surface area contributed by atoms with E-state index in [0.29, 0.717) is 18.7 Å². The van der Waals surface area contributed by atoms with Crippen molar-refractivity contribution in [1.29, 1.82) is 0 Å². The van der Waals surface area contributed by atoms with Crippen LogP contribution in [0.4, 0.5) is 10.1 Å². The molecule has 2 aliphatic rings. The van der Waals surface area contributed by atoms with Gasteiger partial charge in [0.2, 0.25) is 0 Å². The lowest BCUT2D eigenvalue weighted by atomic mass is 9.98. The molecule has 4 rings (SSSR count). The Bertz CT molecular complexity index is 856. The summed E-state index contributed by atoms with van der Waals surface area (Å²) in [7, 11) is 0. The first-order valence-electron chi connectivity index (χ1n) is 12.0. The third-order valence-electron chi connectivity index (χ3n) is 6.92. The average molecular weight is 442 g/mol. The second-order valence-electron chi connectivity index (χ2n) is 8.84. The first kappa shape index (κ1) is 23.0. The standard InChI is InChI=1S/C26H36FN3O2/c1-2-32-26-10-6-3-7-21(26)19-29-16-17-30(20-23(29)13-18-31)22-11-14-28(15-12-22)25-9-5-4-8-24(25)27/h3-10,22-23,31H,2,11-20H2,1H3/t23-/m1/s1. The molecule has 2 aromatic carbocycles. The van der Waals surface area contributed by atoms with Gasteiger partial charge in [-0.1, -0.05) is 30.3 Å². The quantitative estimate of drug-likeness (QED) is 0.675. The van der Waals surface area contributed by atoms with Crippen LogP contribution in [-0.2, 0) is 6.54 Å².